The first-order valence-corrected chi connectivity index (χ1v) is 8.50. The first-order chi connectivity index (χ1) is 12.3. The number of benzene rings is 1. The average molecular weight is 383 g/mol. The number of alkyl halides is 3. The van der Waals surface area contributed by atoms with E-state index < -0.39 is 17.3 Å². The maximum absolute atomic E-state index is 12.8. The Morgan fingerprint density at radius 3 is 2.54 bits per heavy atom. The zero-order chi connectivity index (χ0) is 19.3. The van der Waals surface area contributed by atoms with E-state index in [2.05, 4.69) is 10.2 Å². The number of carbonyl (C=O) groups is 1. The molecule has 0 saturated carbocycles. The van der Waals surface area contributed by atoms with E-state index in [1.807, 2.05) is 6.07 Å². The van der Waals surface area contributed by atoms with E-state index >= 15 is 0 Å². The number of amides is 1. The molecule has 1 atom stereocenters. The molecule has 0 saturated heterocycles. The standard InChI is InChI=1S/C16H16F3N5OS/c1-11(26-15-22-21-14(23(15)2)16(17,18)19)13(25)24(10-6-9-20)12-7-4-3-5-8-12/h3-5,7-8,11H,6,10H2,1-2H3/t11-/m0/s1. The van der Waals surface area contributed by atoms with Gasteiger partial charge in [-0.15, -0.1) is 10.2 Å². The first kappa shape index (κ1) is 19.8. The SMILES string of the molecule is C[C@H](Sc1nnc(C(F)(F)F)n1C)C(=O)N(CCC#N)c1ccccc1. The third kappa shape index (κ3) is 4.54. The normalized spacial score (nSPS) is 12.5. The highest BCUT2D eigenvalue weighted by Crippen LogP contribution is 2.31. The summed E-state index contributed by atoms with van der Waals surface area (Å²) in [6, 6.07) is 10.8. The van der Waals surface area contributed by atoms with Crippen LogP contribution in [0.5, 0.6) is 0 Å². The molecule has 0 radical (unpaired) electrons. The number of hydrogen-bond donors (Lipinski definition) is 0. The molecule has 10 heteroatoms. The number of nitrogens with zero attached hydrogens (tertiary/aromatic N) is 5. The topological polar surface area (TPSA) is 74.8 Å². The van der Waals surface area contributed by atoms with Gasteiger partial charge in [-0.2, -0.15) is 18.4 Å². The van der Waals surface area contributed by atoms with Gasteiger partial charge in [0, 0.05) is 19.3 Å². The molecule has 0 bridgehead atoms. The van der Waals surface area contributed by atoms with Gasteiger partial charge in [0.2, 0.25) is 11.7 Å². The number of thioether (sulfide) groups is 1. The lowest BCUT2D eigenvalue weighted by Gasteiger charge is -2.24. The van der Waals surface area contributed by atoms with E-state index in [1.54, 1.807) is 37.3 Å². The molecule has 0 unspecified atom stereocenters. The van der Waals surface area contributed by atoms with E-state index in [4.69, 9.17) is 5.26 Å². The maximum atomic E-state index is 12.8. The average Bonchev–Trinajstić information content (AvgIpc) is 2.96. The summed E-state index contributed by atoms with van der Waals surface area (Å²) in [5.41, 5.74) is 0.620. The van der Waals surface area contributed by atoms with Crippen molar-refractivity contribution in [2.75, 3.05) is 11.4 Å². The van der Waals surface area contributed by atoms with Crippen molar-refractivity contribution in [3.05, 3.63) is 36.2 Å². The molecule has 1 heterocycles. The Hall–Kier alpha value is -2.54. The van der Waals surface area contributed by atoms with E-state index in [-0.39, 0.29) is 24.0 Å². The third-order valence-corrected chi connectivity index (χ3v) is 4.62. The van der Waals surface area contributed by atoms with Crippen molar-refractivity contribution in [2.45, 2.75) is 29.9 Å². The van der Waals surface area contributed by atoms with Crippen molar-refractivity contribution >= 4 is 23.4 Å². The van der Waals surface area contributed by atoms with Gasteiger partial charge in [-0.3, -0.25) is 4.79 Å². The van der Waals surface area contributed by atoms with Crippen LogP contribution in [0, 0.1) is 11.3 Å². The van der Waals surface area contributed by atoms with Crippen LogP contribution in [0.2, 0.25) is 0 Å². The van der Waals surface area contributed by atoms with Crippen LogP contribution in [0.25, 0.3) is 0 Å². The molecule has 138 valence electrons. The summed E-state index contributed by atoms with van der Waals surface area (Å²) in [6.45, 7) is 1.77. The van der Waals surface area contributed by atoms with Crippen molar-refractivity contribution < 1.29 is 18.0 Å². The van der Waals surface area contributed by atoms with Gasteiger partial charge in [-0.05, 0) is 19.1 Å². The highest BCUT2D eigenvalue weighted by Gasteiger charge is 2.38. The number of rotatable bonds is 6. The molecule has 0 aliphatic carbocycles. The smallest absolute Gasteiger partial charge is 0.310 e. The Balaban J connectivity index is 2.19. The minimum atomic E-state index is -4.61. The maximum Gasteiger partial charge on any atom is 0.451 e. The van der Waals surface area contributed by atoms with Crippen LogP contribution in [-0.4, -0.2) is 32.5 Å². The molecule has 0 spiro atoms. The van der Waals surface area contributed by atoms with Gasteiger partial charge in [0.15, 0.2) is 5.16 Å². The molecule has 0 fully saturated rings. The van der Waals surface area contributed by atoms with Crippen LogP contribution in [-0.2, 0) is 18.0 Å². The van der Waals surface area contributed by atoms with E-state index in [1.165, 1.54) is 11.9 Å². The Kier molecular flexibility index (Phi) is 6.26. The molecule has 2 aromatic rings. The second-order valence-corrected chi connectivity index (χ2v) is 6.66. The monoisotopic (exact) mass is 383 g/mol. The zero-order valence-corrected chi connectivity index (χ0v) is 14.9. The fourth-order valence-electron chi connectivity index (χ4n) is 2.23. The lowest BCUT2D eigenvalue weighted by molar-refractivity contribution is -0.147. The van der Waals surface area contributed by atoms with Gasteiger partial charge in [-0.25, -0.2) is 0 Å². The number of para-hydroxylation sites is 1. The summed E-state index contributed by atoms with van der Waals surface area (Å²) in [4.78, 5) is 14.2. The van der Waals surface area contributed by atoms with E-state index in [0.717, 1.165) is 16.3 Å². The quantitative estimate of drug-likeness (QED) is 0.716. The van der Waals surface area contributed by atoms with Gasteiger partial charge < -0.3 is 9.47 Å². The molecule has 6 nitrogen and oxygen atoms in total. The Morgan fingerprint density at radius 1 is 1.35 bits per heavy atom. The molecule has 0 aliphatic rings. The van der Waals surface area contributed by atoms with Crippen molar-refractivity contribution in [3.63, 3.8) is 0 Å². The molecule has 1 amide bonds. The Bertz CT molecular complexity index is 800. The van der Waals surface area contributed by atoms with E-state index in [0.29, 0.717) is 5.69 Å². The first-order valence-electron chi connectivity index (χ1n) is 7.62. The fourth-order valence-corrected chi connectivity index (χ4v) is 3.11. The van der Waals surface area contributed by atoms with Gasteiger partial charge in [0.25, 0.3) is 0 Å². The van der Waals surface area contributed by atoms with E-state index in [9.17, 15) is 18.0 Å². The molecule has 1 aromatic carbocycles. The largest absolute Gasteiger partial charge is 0.451 e. The number of anilines is 1. The summed E-state index contributed by atoms with van der Waals surface area (Å²) >= 11 is 0.887. The number of nitriles is 1. The molecule has 1 aromatic heterocycles. The van der Waals surface area contributed by atoms with Gasteiger partial charge in [0.1, 0.15) is 0 Å². The van der Waals surface area contributed by atoms with Gasteiger partial charge in [-0.1, -0.05) is 30.0 Å². The molecule has 26 heavy (non-hydrogen) atoms. The second-order valence-electron chi connectivity index (χ2n) is 5.36. The van der Waals surface area contributed by atoms with Gasteiger partial charge in [0.05, 0.1) is 17.7 Å². The molecular formula is C16H16F3N5OS. The highest BCUT2D eigenvalue weighted by atomic mass is 32.2. The summed E-state index contributed by atoms with van der Waals surface area (Å²) < 4.78 is 39.2. The number of hydrogen-bond acceptors (Lipinski definition) is 5. The number of carbonyl (C=O) groups excluding carboxylic acids is 1. The van der Waals surface area contributed by atoms with Crippen molar-refractivity contribution in [1.29, 1.82) is 5.26 Å². The molecule has 2 rings (SSSR count). The predicted octanol–water partition coefficient (Wildman–Crippen LogP) is 3.26. The minimum Gasteiger partial charge on any atom is -0.310 e. The molecule has 0 aliphatic heterocycles. The van der Waals surface area contributed by atoms with Crippen LogP contribution in [0.4, 0.5) is 18.9 Å². The van der Waals surface area contributed by atoms with Crippen LogP contribution in [0.15, 0.2) is 35.5 Å². The van der Waals surface area contributed by atoms with Crippen molar-refractivity contribution in [2.24, 2.45) is 7.05 Å². The minimum absolute atomic E-state index is 0.00790. The lowest BCUT2D eigenvalue weighted by Crippen LogP contribution is -2.37. The summed E-state index contributed by atoms with van der Waals surface area (Å²) in [7, 11) is 1.20. The second kappa shape index (κ2) is 8.23. The third-order valence-electron chi connectivity index (χ3n) is 3.50. The highest BCUT2D eigenvalue weighted by molar-refractivity contribution is 8.00. The fraction of sp³-hybridized carbons (Fsp3) is 0.375. The number of aromatic nitrogens is 3. The summed E-state index contributed by atoms with van der Waals surface area (Å²) in [5.74, 6) is -1.45. The summed E-state index contributed by atoms with van der Waals surface area (Å²) in [5, 5.41) is 14.8. The summed E-state index contributed by atoms with van der Waals surface area (Å²) in [6.07, 6.45) is -4.48. The molecular weight excluding hydrogens is 367 g/mol. The van der Waals surface area contributed by atoms with Crippen LogP contribution in [0.3, 0.4) is 0 Å². The van der Waals surface area contributed by atoms with Crippen LogP contribution < -0.4 is 4.90 Å². The van der Waals surface area contributed by atoms with Gasteiger partial charge >= 0.3 is 6.18 Å². The van der Waals surface area contributed by atoms with Crippen molar-refractivity contribution in [1.82, 2.24) is 14.8 Å². The van der Waals surface area contributed by atoms with Crippen molar-refractivity contribution in [3.8, 4) is 6.07 Å². The number of halogens is 3. The Labute approximate surface area is 152 Å². The molecule has 0 N–H and O–H groups in total. The predicted molar refractivity (Wildman–Crippen MR) is 90.3 cm³/mol. The zero-order valence-electron chi connectivity index (χ0n) is 14.1. The Morgan fingerprint density at radius 2 is 2.00 bits per heavy atom. The lowest BCUT2D eigenvalue weighted by atomic mass is 10.2. The van der Waals surface area contributed by atoms with Crippen LogP contribution in [0.1, 0.15) is 19.2 Å². The van der Waals surface area contributed by atoms with Crippen LogP contribution >= 0.6 is 11.8 Å².